The Bertz CT molecular complexity index is 812. The van der Waals surface area contributed by atoms with E-state index in [-0.39, 0.29) is 28.6 Å². The molecule has 2 N–H and O–H groups in total. The van der Waals surface area contributed by atoms with Crippen LogP contribution in [-0.4, -0.2) is 12.4 Å². The van der Waals surface area contributed by atoms with Crippen LogP contribution in [0.3, 0.4) is 0 Å². The molecule has 0 aliphatic carbocycles. The van der Waals surface area contributed by atoms with Crippen LogP contribution in [0.15, 0.2) is 36.4 Å². The molecule has 3 amide bonds. The summed E-state index contributed by atoms with van der Waals surface area (Å²) < 4.78 is 56.8. The smallest absolute Gasteiger partial charge is 0.416 e. The molecule has 2 rings (SSSR count). The third-order valence-electron chi connectivity index (χ3n) is 2.87. The second-order valence-electron chi connectivity index (χ2n) is 4.60. The lowest BCUT2D eigenvalue weighted by atomic mass is 10.2. The Labute approximate surface area is 143 Å². The molecule has 10 heteroatoms. The van der Waals surface area contributed by atoms with Gasteiger partial charge in [-0.25, -0.2) is 9.18 Å². The summed E-state index contributed by atoms with van der Waals surface area (Å²) in [5, 5.41) is 3.53. The average Bonchev–Trinajstić information content (AvgIpc) is 2.51. The Kier molecular flexibility index (Phi) is 5.48. The minimum atomic E-state index is -4.55. The van der Waals surface area contributed by atoms with Gasteiger partial charge in [0, 0.05) is 6.07 Å². The first kappa shape index (κ1) is 18.5. The van der Waals surface area contributed by atoms with Gasteiger partial charge in [0.1, 0.15) is 17.3 Å². The lowest BCUT2D eigenvalue weighted by Gasteiger charge is -2.12. The zero-order valence-corrected chi connectivity index (χ0v) is 12.9. The van der Waals surface area contributed by atoms with Crippen molar-refractivity contribution in [3.8, 4) is 11.5 Å². The van der Waals surface area contributed by atoms with Crippen molar-refractivity contribution in [3.05, 3.63) is 52.8 Å². The fourth-order valence-electron chi connectivity index (χ4n) is 1.76. The molecular weight excluding hydrogens is 368 g/mol. The average molecular weight is 377 g/mol. The molecule has 0 unspecified atom stereocenters. The fourth-order valence-corrected chi connectivity index (χ4v) is 1.98. The van der Waals surface area contributed by atoms with Crippen molar-refractivity contribution in [2.24, 2.45) is 0 Å². The van der Waals surface area contributed by atoms with E-state index in [1.165, 1.54) is 6.07 Å². The molecule has 0 heterocycles. The maximum absolute atomic E-state index is 13.9. The number of hydrogen-bond donors (Lipinski definition) is 2. The maximum atomic E-state index is 13.9. The highest BCUT2D eigenvalue weighted by Gasteiger charge is 2.31. The quantitative estimate of drug-likeness (QED) is 0.607. The first-order valence-corrected chi connectivity index (χ1v) is 6.94. The van der Waals surface area contributed by atoms with Crippen molar-refractivity contribution >= 4 is 29.7 Å². The first-order valence-electron chi connectivity index (χ1n) is 6.56. The summed E-state index contributed by atoms with van der Waals surface area (Å²) in [5.41, 5.74) is -1.18. The Hall–Kier alpha value is -2.81. The summed E-state index contributed by atoms with van der Waals surface area (Å²) in [7, 11) is 0. The molecule has 0 aromatic heterocycles. The second-order valence-corrected chi connectivity index (χ2v) is 5.01. The van der Waals surface area contributed by atoms with E-state index in [2.05, 4.69) is 5.32 Å². The molecule has 0 saturated heterocycles. The molecular formula is C15H9ClF4N2O3. The number of imide groups is 1. The van der Waals surface area contributed by atoms with E-state index in [0.717, 1.165) is 24.3 Å². The number of amides is 3. The van der Waals surface area contributed by atoms with Crippen LogP contribution in [0, 0.1) is 5.82 Å². The largest absolute Gasteiger partial charge is 0.456 e. The van der Waals surface area contributed by atoms with Crippen LogP contribution in [0.2, 0.25) is 5.02 Å². The number of rotatable bonds is 4. The number of carbonyl (C=O) groups excluding carboxylic acids is 2. The van der Waals surface area contributed by atoms with Crippen molar-refractivity contribution < 1.29 is 31.9 Å². The molecule has 0 aliphatic heterocycles. The summed E-state index contributed by atoms with van der Waals surface area (Å²) in [6.45, 7) is 0. The molecule has 0 radical (unpaired) electrons. The highest BCUT2D eigenvalue weighted by molar-refractivity contribution is 6.32. The molecule has 2 aromatic carbocycles. The van der Waals surface area contributed by atoms with Crippen molar-refractivity contribution in [2.75, 3.05) is 5.32 Å². The fraction of sp³-hybridized carbons (Fsp3) is 0.0667. The number of benzene rings is 2. The molecule has 5 nitrogen and oxygen atoms in total. The van der Waals surface area contributed by atoms with Gasteiger partial charge in [-0.05, 0) is 30.3 Å². The van der Waals surface area contributed by atoms with E-state index in [1.807, 2.05) is 0 Å². The summed E-state index contributed by atoms with van der Waals surface area (Å²) >= 11 is 5.74. The van der Waals surface area contributed by atoms with Gasteiger partial charge in [-0.3, -0.25) is 10.1 Å². The Morgan fingerprint density at radius 3 is 2.44 bits per heavy atom. The standard InChI is InChI=1S/C15H9ClF4N2O3/c16-10-5-8(15(18,19)20)1-4-13(10)25-9-2-3-12(11(17)6-9)22-14(24)21-7-23/h1-7H,(H2,21,22,23,24). The van der Waals surface area contributed by atoms with Gasteiger partial charge in [-0.2, -0.15) is 13.2 Å². The third-order valence-corrected chi connectivity index (χ3v) is 3.16. The molecule has 0 fully saturated rings. The molecule has 0 saturated carbocycles. The first-order chi connectivity index (χ1) is 11.7. The van der Waals surface area contributed by atoms with E-state index in [4.69, 9.17) is 16.3 Å². The molecule has 132 valence electrons. The third kappa shape index (κ3) is 4.83. The normalized spacial score (nSPS) is 10.9. The van der Waals surface area contributed by atoms with E-state index < -0.39 is 23.6 Å². The summed E-state index contributed by atoms with van der Waals surface area (Å²) in [6.07, 6.45) is -4.43. The number of ether oxygens (including phenoxy) is 1. The SMILES string of the molecule is O=CNC(=O)Nc1ccc(Oc2ccc(C(F)(F)F)cc2Cl)cc1F. The summed E-state index contributed by atoms with van der Waals surface area (Å²) in [5.74, 6) is -1.05. The van der Waals surface area contributed by atoms with Gasteiger partial charge >= 0.3 is 12.2 Å². The lowest BCUT2D eigenvalue weighted by molar-refractivity contribution is -0.137. The highest BCUT2D eigenvalue weighted by Crippen LogP contribution is 2.36. The zero-order chi connectivity index (χ0) is 18.6. The predicted octanol–water partition coefficient (Wildman–Crippen LogP) is 4.57. The monoisotopic (exact) mass is 376 g/mol. The van der Waals surface area contributed by atoms with Crippen molar-refractivity contribution in [3.63, 3.8) is 0 Å². The van der Waals surface area contributed by atoms with Crippen molar-refractivity contribution in [2.45, 2.75) is 6.18 Å². The van der Waals surface area contributed by atoms with E-state index in [1.54, 1.807) is 5.32 Å². The van der Waals surface area contributed by atoms with Crippen LogP contribution in [0.25, 0.3) is 0 Å². The maximum Gasteiger partial charge on any atom is 0.416 e. The van der Waals surface area contributed by atoms with E-state index in [9.17, 15) is 27.2 Å². The lowest BCUT2D eigenvalue weighted by Crippen LogP contribution is -2.27. The van der Waals surface area contributed by atoms with Crippen molar-refractivity contribution in [1.82, 2.24) is 5.32 Å². The number of halogens is 5. The van der Waals surface area contributed by atoms with Crippen LogP contribution in [-0.2, 0) is 11.0 Å². The van der Waals surface area contributed by atoms with Crippen LogP contribution < -0.4 is 15.4 Å². The second kappa shape index (κ2) is 7.39. The van der Waals surface area contributed by atoms with E-state index >= 15 is 0 Å². The minimum absolute atomic E-state index is 0.0551. The van der Waals surface area contributed by atoms with Crippen LogP contribution in [0.5, 0.6) is 11.5 Å². The molecule has 2 aromatic rings. The predicted molar refractivity (Wildman–Crippen MR) is 81.1 cm³/mol. The van der Waals surface area contributed by atoms with Gasteiger partial charge < -0.3 is 10.1 Å². The molecule has 25 heavy (non-hydrogen) atoms. The van der Waals surface area contributed by atoms with Gasteiger partial charge in [0.25, 0.3) is 0 Å². The Balaban J connectivity index is 2.17. The van der Waals surface area contributed by atoms with Crippen LogP contribution >= 0.6 is 11.6 Å². The minimum Gasteiger partial charge on any atom is -0.456 e. The van der Waals surface area contributed by atoms with Crippen molar-refractivity contribution in [1.29, 1.82) is 0 Å². The Morgan fingerprint density at radius 1 is 1.16 bits per heavy atom. The molecule has 0 bridgehead atoms. The van der Waals surface area contributed by atoms with Gasteiger partial charge in [0.15, 0.2) is 0 Å². The number of alkyl halides is 3. The van der Waals surface area contributed by atoms with Gasteiger partial charge in [-0.1, -0.05) is 11.6 Å². The Morgan fingerprint density at radius 2 is 1.88 bits per heavy atom. The van der Waals surface area contributed by atoms with Gasteiger partial charge in [0.05, 0.1) is 16.3 Å². The van der Waals surface area contributed by atoms with Gasteiger partial charge in [0.2, 0.25) is 6.41 Å². The summed E-state index contributed by atoms with van der Waals surface area (Å²) in [4.78, 5) is 21.2. The number of carbonyl (C=O) groups is 2. The van der Waals surface area contributed by atoms with Gasteiger partial charge in [-0.15, -0.1) is 0 Å². The molecule has 0 atom stereocenters. The number of anilines is 1. The zero-order valence-electron chi connectivity index (χ0n) is 12.2. The van der Waals surface area contributed by atoms with Crippen LogP contribution in [0.1, 0.15) is 5.56 Å². The number of hydrogen-bond acceptors (Lipinski definition) is 3. The van der Waals surface area contributed by atoms with E-state index in [0.29, 0.717) is 6.07 Å². The molecule has 0 aliphatic rings. The topological polar surface area (TPSA) is 67.4 Å². The highest BCUT2D eigenvalue weighted by atomic mass is 35.5. The number of urea groups is 1. The summed E-state index contributed by atoms with van der Waals surface area (Å²) in [6, 6.07) is 4.83. The van der Waals surface area contributed by atoms with Crippen LogP contribution in [0.4, 0.5) is 28.0 Å². The molecule has 0 spiro atoms. The number of nitrogens with one attached hydrogen (secondary N) is 2.